The van der Waals surface area contributed by atoms with Crippen molar-refractivity contribution in [1.29, 1.82) is 0 Å². The Morgan fingerprint density at radius 2 is 2.24 bits per heavy atom. The number of aromatic amines is 1. The first-order valence-electron chi connectivity index (χ1n) is 7.00. The van der Waals surface area contributed by atoms with Crippen molar-refractivity contribution in [2.24, 2.45) is 0 Å². The van der Waals surface area contributed by atoms with E-state index in [1.165, 1.54) is 0 Å². The number of H-pyrrole nitrogens is 1. The number of rotatable bonds is 4. The molecule has 0 bridgehead atoms. The van der Waals surface area contributed by atoms with Crippen molar-refractivity contribution in [2.45, 2.75) is 32.8 Å². The van der Waals surface area contributed by atoms with Gasteiger partial charge in [0, 0.05) is 11.9 Å². The van der Waals surface area contributed by atoms with Crippen LogP contribution >= 0.6 is 0 Å². The van der Waals surface area contributed by atoms with Crippen molar-refractivity contribution in [3.63, 3.8) is 0 Å². The molecular weight excluding hydrogens is 266 g/mol. The minimum Gasteiger partial charge on any atom is -0.444 e. The molecule has 21 heavy (non-hydrogen) atoms. The van der Waals surface area contributed by atoms with Crippen molar-refractivity contribution in [1.82, 2.24) is 15.5 Å². The fraction of sp³-hybridized carbons (Fsp3) is 0.375. The molecule has 0 spiro atoms. The van der Waals surface area contributed by atoms with Crippen LogP contribution < -0.4 is 5.32 Å². The van der Waals surface area contributed by atoms with E-state index in [1.807, 2.05) is 45.1 Å². The minimum atomic E-state index is -0.458. The molecule has 1 aromatic carbocycles. The molecule has 0 aliphatic rings. The highest BCUT2D eigenvalue weighted by molar-refractivity contribution is 5.80. The Bertz CT molecular complexity index is 638. The third-order valence-electron chi connectivity index (χ3n) is 2.75. The number of carbonyl (C=O) groups is 1. The molecular formula is C16H21N3O2. The minimum absolute atomic E-state index is 0.379. The van der Waals surface area contributed by atoms with E-state index in [2.05, 4.69) is 21.6 Å². The van der Waals surface area contributed by atoms with Gasteiger partial charge in [-0.25, -0.2) is 4.79 Å². The Labute approximate surface area is 124 Å². The number of amides is 1. The van der Waals surface area contributed by atoms with E-state index in [4.69, 9.17) is 4.74 Å². The maximum Gasteiger partial charge on any atom is 0.407 e. The Balaban J connectivity index is 1.76. The summed E-state index contributed by atoms with van der Waals surface area (Å²) >= 11 is 0. The summed E-state index contributed by atoms with van der Waals surface area (Å²) in [6, 6.07) is 6.09. The molecule has 0 atom stereocenters. The summed E-state index contributed by atoms with van der Waals surface area (Å²) < 4.78 is 5.16. The highest BCUT2D eigenvalue weighted by Crippen LogP contribution is 2.14. The third kappa shape index (κ3) is 4.95. The number of hydrogen-bond acceptors (Lipinski definition) is 3. The van der Waals surface area contributed by atoms with Gasteiger partial charge in [0.15, 0.2) is 0 Å². The molecule has 0 aliphatic heterocycles. The second-order valence-corrected chi connectivity index (χ2v) is 5.84. The van der Waals surface area contributed by atoms with Crippen molar-refractivity contribution in [2.75, 3.05) is 6.54 Å². The van der Waals surface area contributed by atoms with Crippen molar-refractivity contribution in [3.05, 3.63) is 36.0 Å². The highest BCUT2D eigenvalue weighted by Gasteiger charge is 2.15. The molecule has 112 valence electrons. The van der Waals surface area contributed by atoms with E-state index in [0.29, 0.717) is 6.54 Å². The number of nitrogens with one attached hydrogen (secondary N) is 2. The predicted octanol–water partition coefficient (Wildman–Crippen LogP) is 3.49. The van der Waals surface area contributed by atoms with Gasteiger partial charge >= 0.3 is 6.09 Å². The first-order chi connectivity index (χ1) is 9.94. The van der Waals surface area contributed by atoms with Gasteiger partial charge in [-0.15, -0.1) is 0 Å². The molecule has 2 rings (SSSR count). The topological polar surface area (TPSA) is 67.0 Å². The molecule has 1 amide bonds. The van der Waals surface area contributed by atoms with Crippen LogP contribution in [-0.2, 0) is 4.74 Å². The van der Waals surface area contributed by atoms with E-state index in [0.717, 1.165) is 22.9 Å². The Morgan fingerprint density at radius 3 is 3.00 bits per heavy atom. The molecule has 1 heterocycles. The van der Waals surface area contributed by atoms with Gasteiger partial charge in [0.2, 0.25) is 0 Å². The molecule has 0 saturated carbocycles. The van der Waals surface area contributed by atoms with Crippen LogP contribution in [0.15, 0.2) is 30.5 Å². The quantitative estimate of drug-likeness (QED) is 0.846. The summed E-state index contributed by atoms with van der Waals surface area (Å²) in [4.78, 5) is 11.4. The molecule has 0 aliphatic carbocycles. The standard InChI is InChI=1S/C16H21N3O2/c1-16(2,3)21-15(20)17-9-5-4-6-12-7-8-14-13(10-12)11-18-19-14/h4,6-8,10-11H,5,9H2,1-3H3,(H,17,20)(H,18,19). The predicted molar refractivity (Wildman–Crippen MR) is 84.0 cm³/mol. The van der Waals surface area contributed by atoms with Crippen LogP contribution in [0, 0.1) is 0 Å². The number of nitrogens with zero attached hydrogens (tertiary/aromatic N) is 1. The maximum absolute atomic E-state index is 11.4. The van der Waals surface area contributed by atoms with E-state index < -0.39 is 5.60 Å². The van der Waals surface area contributed by atoms with Gasteiger partial charge in [-0.3, -0.25) is 5.10 Å². The SMILES string of the molecule is CC(C)(C)OC(=O)NCCC=Cc1ccc2[nH]ncc2c1. The number of hydrogen-bond donors (Lipinski definition) is 2. The van der Waals surface area contributed by atoms with Crippen LogP contribution in [-0.4, -0.2) is 28.4 Å². The average Bonchev–Trinajstić information content (AvgIpc) is 2.83. The Hall–Kier alpha value is -2.30. The lowest BCUT2D eigenvalue weighted by atomic mass is 10.1. The van der Waals surface area contributed by atoms with Crippen LogP contribution in [0.4, 0.5) is 4.79 Å². The second-order valence-electron chi connectivity index (χ2n) is 5.84. The Kier molecular flexibility index (Phi) is 4.62. The van der Waals surface area contributed by atoms with Gasteiger partial charge in [-0.1, -0.05) is 18.2 Å². The largest absolute Gasteiger partial charge is 0.444 e. The molecule has 2 N–H and O–H groups in total. The highest BCUT2D eigenvalue weighted by atomic mass is 16.6. The number of alkyl carbamates (subject to hydrolysis) is 1. The lowest BCUT2D eigenvalue weighted by Crippen LogP contribution is -2.32. The molecule has 1 aromatic heterocycles. The zero-order valence-electron chi connectivity index (χ0n) is 12.6. The fourth-order valence-electron chi connectivity index (χ4n) is 1.86. The number of fused-ring (bicyclic) bond motifs is 1. The summed E-state index contributed by atoms with van der Waals surface area (Å²) in [7, 11) is 0. The monoisotopic (exact) mass is 287 g/mol. The van der Waals surface area contributed by atoms with E-state index >= 15 is 0 Å². The molecule has 0 unspecified atom stereocenters. The second kappa shape index (κ2) is 6.43. The summed E-state index contributed by atoms with van der Waals surface area (Å²) in [6.45, 7) is 6.09. The fourth-order valence-corrected chi connectivity index (χ4v) is 1.86. The maximum atomic E-state index is 11.4. The average molecular weight is 287 g/mol. The summed E-state index contributed by atoms with van der Waals surface area (Å²) in [6.07, 6.45) is 6.23. The van der Waals surface area contributed by atoms with E-state index in [9.17, 15) is 4.79 Å². The first kappa shape index (κ1) is 15.1. The normalized spacial score (nSPS) is 12.0. The van der Waals surface area contributed by atoms with Crippen LogP contribution in [0.25, 0.3) is 17.0 Å². The first-order valence-corrected chi connectivity index (χ1v) is 7.00. The molecule has 5 nitrogen and oxygen atoms in total. The lowest BCUT2D eigenvalue weighted by Gasteiger charge is -2.19. The smallest absolute Gasteiger partial charge is 0.407 e. The van der Waals surface area contributed by atoms with Gasteiger partial charge in [-0.2, -0.15) is 5.10 Å². The zero-order chi connectivity index (χ0) is 15.3. The molecule has 0 fully saturated rings. The van der Waals surface area contributed by atoms with Gasteiger partial charge in [0.1, 0.15) is 5.60 Å². The van der Waals surface area contributed by atoms with Crippen molar-refractivity contribution in [3.8, 4) is 0 Å². The van der Waals surface area contributed by atoms with Crippen LogP contribution in [0.3, 0.4) is 0 Å². The van der Waals surface area contributed by atoms with Crippen LogP contribution in [0.2, 0.25) is 0 Å². The van der Waals surface area contributed by atoms with E-state index in [-0.39, 0.29) is 6.09 Å². The Morgan fingerprint density at radius 1 is 1.43 bits per heavy atom. The third-order valence-corrected chi connectivity index (χ3v) is 2.75. The molecule has 0 radical (unpaired) electrons. The van der Waals surface area contributed by atoms with Gasteiger partial charge in [0.05, 0.1) is 11.7 Å². The van der Waals surface area contributed by atoms with Gasteiger partial charge in [-0.05, 0) is 44.9 Å². The van der Waals surface area contributed by atoms with Crippen LogP contribution in [0.5, 0.6) is 0 Å². The summed E-state index contributed by atoms with van der Waals surface area (Å²) in [5, 5.41) is 10.7. The van der Waals surface area contributed by atoms with Gasteiger partial charge < -0.3 is 10.1 Å². The summed E-state index contributed by atoms with van der Waals surface area (Å²) in [5.74, 6) is 0. The molecule has 5 heteroatoms. The zero-order valence-corrected chi connectivity index (χ0v) is 12.6. The molecule has 2 aromatic rings. The van der Waals surface area contributed by atoms with Crippen molar-refractivity contribution < 1.29 is 9.53 Å². The number of carbonyl (C=O) groups excluding carboxylic acids is 1. The number of benzene rings is 1. The number of ether oxygens (including phenoxy) is 1. The van der Waals surface area contributed by atoms with Gasteiger partial charge in [0.25, 0.3) is 0 Å². The van der Waals surface area contributed by atoms with E-state index in [1.54, 1.807) is 6.20 Å². The van der Waals surface area contributed by atoms with Crippen LogP contribution in [0.1, 0.15) is 32.8 Å². The van der Waals surface area contributed by atoms with Crippen molar-refractivity contribution >= 4 is 23.1 Å². The lowest BCUT2D eigenvalue weighted by molar-refractivity contribution is 0.0529. The number of aromatic nitrogens is 2. The molecule has 0 saturated heterocycles. The summed E-state index contributed by atoms with van der Waals surface area (Å²) in [5.41, 5.74) is 1.68.